The van der Waals surface area contributed by atoms with Crippen LogP contribution < -0.4 is 20.7 Å². The number of ether oxygens (including phenoxy) is 2. The van der Waals surface area contributed by atoms with Crippen LogP contribution in [-0.2, 0) is 20.9 Å². The predicted octanol–water partition coefficient (Wildman–Crippen LogP) is 7.97. The SMILES string of the molecule is CCOC(=O)c1ccc(NC(=O)C(C)Sc2cccc(NC(=O)/C(=C/c3ccc(OCc4ccccc4)cc3)NC(=O)c3ccccc3)c2)cc1. The number of hydrogen-bond acceptors (Lipinski definition) is 7. The fourth-order valence-electron chi connectivity index (χ4n) is 4.76. The number of benzene rings is 5. The van der Waals surface area contributed by atoms with Crippen LogP contribution in [0.4, 0.5) is 11.4 Å². The highest BCUT2D eigenvalue weighted by molar-refractivity contribution is 8.00. The van der Waals surface area contributed by atoms with E-state index in [9.17, 15) is 19.2 Å². The van der Waals surface area contributed by atoms with Crippen molar-refractivity contribution >= 4 is 52.9 Å². The van der Waals surface area contributed by atoms with E-state index >= 15 is 0 Å². The van der Waals surface area contributed by atoms with E-state index in [4.69, 9.17) is 9.47 Å². The van der Waals surface area contributed by atoms with E-state index < -0.39 is 23.0 Å². The third kappa shape index (κ3) is 10.9. The Bertz CT molecular complexity index is 1980. The zero-order chi connectivity index (χ0) is 36.0. The van der Waals surface area contributed by atoms with Gasteiger partial charge < -0.3 is 25.4 Å². The zero-order valence-electron chi connectivity index (χ0n) is 28.1. The molecule has 9 nitrogen and oxygen atoms in total. The van der Waals surface area contributed by atoms with E-state index in [1.54, 1.807) is 111 Å². The lowest BCUT2D eigenvalue weighted by Gasteiger charge is -2.14. The third-order valence-corrected chi connectivity index (χ3v) is 8.50. The summed E-state index contributed by atoms with van der Waals surface area (Å²) in [6.07, 6.45) is 1.60. The average Bonchev–Trinajstić information content (AvgIpc) is 3.15. The molecule has 0 heterocycles. The van der Waals surface area contributed by atoms with Crippen LogP contribution in [0.3, 0.4) is 0 Å². The van der Waals surface area contributed by atoms with Gasteiger partial charge in [-0.2, -0.15) is 0 Å². The molecule has 10 heteroatoms. The minimum Gasteiger partial charge on any atom is -0.489 e. The number of thioether (sulfide) groups is 1. The number of rotatable bonds is 14. The van der Waals surface area contributed by atoms with Crippen LogP contribution in [-0.4, -0.2) is 35.5 Å². The predicted molar refractivity (Wildman–Crippen MR) is 201 cm³/mol. The zero-order valence-corrected chi connectivity index (χ0v) is 28.9. The first-order valence-electron chi connectivity index (χ1n) is 16.3. The van der Waals surface area contributed by atoms with Gasteiger partial charge in [0.25, 0.3) is 11.8 Å². The molecule has 0 radical (unpaired) electrons. The van der Waals surface area contributed by atoms with Gasteiger partial charge in [0, 0.05) is 21.8 Å². The van der Waals surface area contributed by atoms with Gasteiger partial charge in [0.15, 0.2) is 0 Å². The molecule has 0 saturated carbocycles. The van der Waals surface area contributed by atoms with Crippen molar-refractivity contribution in [1.82, 2.24) is 5.32 Å². The Morgan fingerprint density at radius 3 is 2.10 bits per heavy atom. The van der Waals surface area contributed by atoms with Gasteiger partial charge in [0.2, 0.25) is 5.91 Å². The summed E-state index contributed by atoms with van der Waals surface area (Å²) in [4.78, 5) is 52.4. The molecule has 1 unspecified atom stereocenters. The van der Waals surface area contributed by atoms with E-state index in [2.05, 4.69) is 16.0 Å². The largest absolute Gasteiger partial charge is 0.489 e. The Hall–Kier alpha value is -6.13. The first-order valence-corrected chi connectivity index (χ1v) is 17.2. The summed E-state index contributed by atoms with van der Waals surface area (Å²) in [5.41, 5.74) is 3.60. The summed E-state index contributed by atoms with van der Waals surface area (Å²) in [7, 11) is 0. The van der Waals surface area contributed by atoms with Crippen molar-refractivity contribution in [2.75, 3.05) is 17.2 Å². The topological polar surface area (TPSA) is 123 Å². The van der Waals surface area contributed by atoms with Crippen molar-refractivity contribution in [3.63, 3.8) is 0 Å². The molecule has 3 amide bonds. The van der Waals surface area contributed by atoms with E-state index in [0.29, 0.717) is 40.4 Å². The Labute approximate surface area is 301 Å². The summed E-state index contributed by atoms with van der Waals surface area (Å²) >= 11 is 1.32. The molecule has 0 aliphatic heterocycles. The maximum absolute atomic E-state index is 13.6. The van der Waals surface area contributed by atoms with Gasteiger partial charge in [0.1, 0.15) is 18.1 Å². The summed E-state index contributed by atoms with van der Waals surface area (Å²) in [5.74, 6) is -0.947. The lowest BCUT2D eigenvalue weighted by molar-refractivity contribution is -0.115. The lowest BCUT2D eigenvalue weighted by atomic mass is 10.1. The van der Waals surface area contributed by atoms with Gasteiger partial charge >= 0.3 is 5.97 Å². The number of carbonyl (C=O) groups excluding carboxylic acids is 4. The van der Waals surface area contributed by atoms with Crippen LogP contribution in [0.25, 0.3) is 6.08 Å². The van der Waals surface area contributed by atoms with Crippen molar-refractivity contribution in [2.24, 2.45) is 0 Å². The molecular weight excluding hydrogens is 663 g/mol. The van der Waals surface area contributed by atoms with E-state index in [-0.39, 0.29) is 18.2 Å². The highest BCUT2D eigenvalue weighted by Gasteiger charge is 2.18. The second-order valence-corrected chi connectivity index (χ2v) is 12.7. The maximum Gasteiger partial charge on any atom is 0.338 e. The molecule has 0 aliphatic carbocycles. The first-order chi connectivity index (χ1) is 24.8. The fraction of sp³-hybridized carbons (Fsp3) is 0.122. The lowest BCUT2D eigenvalue weighted by Crippen LogP contribution is -2.30. The molecule has 51 heavy (non-hydrogen) atoms. The van der Waals surface area contributed by atoms with Crippen molar-refractivity contribution in [1.29, 1.82) is 0 Å². The molecular formula is C41H37N3O6S. The molecule has 1 atom stereocenters. The molecule has 5 aromatic rings. The first kappa shape index (κ1) is 36.2. The summed E-state index contributed by atoms with van der Waals surface area (Å²) in [5, 5.41) is 8.01. The molecule has 0 aromatic heterocycles. The van der Waals surface area contributed by atoms with Crippen LogP contribution >= 0.6 is 11.8 Å². The van der Waals surface area contributed by atoms with Gasteiger partial charge in [-0.05, 0) is 97.8 Å². The molecule has 5 rings (SSSR count). The van der Waals surface area contributed by atoms with Crippen LogP contribution in [0.5, 0.6) is 5.75 Å². The smallest absolute Gasteiger partial charge is 0.338 e. The Morgan fingerprint density at radius 1 is 0.725 bits per heavy atom. The van der Waals surface area contributed by atoms with Gasteiger partial charge in [0.05, 0.1) is 17.4 Å². The monoisotopic (exact) mass is 699 g/mol. The number of esters is 1. The van der Waals surface area contributed by atoms with Crippen LogP contribution in [0, 0.1) is 0 Å². The van der Waals surface area contributed by atoms with Crippen molar-refractivity contribution in [3.05, 3.63) is 161 Å². The standard InChI is InChI=1S/C41H37N3O6S/c1-3-49-41(48)32-19-21-33(22-20-32)42-38(45)28(2)51-36-16-10-15-34(26-36)43-40(47)37(44-39(46)31-13-8-5-9-14-31)25-29-17-23-35(24-18-29)50-27-30-11-6-4-7-12-30/h4-26,28H,3,27H2,1-2H3,(H,42,45)(H,43,47)(H,44,46)/b37-25-. The van der Waals surface area contributed by atoms with Crippen molar-refractivity contribution in [2.45, 2.75) is 30.6 Å². The number of nitrogens with one attached hydrogen (secondary N) is 3. The molecule has 0 aliphatic rings. The fourth-order valence-corrected chi connectivity index (χ4v) is 5.69. The quantitative estimate of drug-likeness (QED) is 0.0611. The summed E-state index contributed by atoms with van der Waals surface area (Å²) in [6, 6.07) is 39.3. The molecule has 258 valence electrons. The Balaban J connectivity index is 1.25. The van der Waals surface area contributed by atoms with Crippen molar-refractivity contribution in [3.8, 4) is 5.75 Å². The highest BCUT2D eigenvalue weighted by atomic mass is 32.2. The normalized spacial score (nSPS) is 11.5. The second-order valence-electron chi connectivity index (χ2n) is 11.3. The van der Waals surface area contributed by atoms with Crippen LogP contribution in [0.1, 0.15) is 45.7 Å². The molecule has 0 spiro atoms. The number of amides is 3. The highest BCUT2D eigenvalue weighted by Crippen LogP contribution is 2.27. The number of carbonyl (C=O) groups is 4. The van der Waals surface area contributed by atoms with Gasteiger partial charge in [-0.3, -0.25) is 14.4 Å². The minimum absolute atomic E-state index is 0.0431. The summed E-state index contributed by atoms with van der Waals surface area (Å²) < 4.78 is 10.9. The molecule has 0 saturated heterocycles. The van der Waals surface area contributed by atoms with Gasteiger partial charge in [-0.1, -0.05) is 66.7 Å². The van der Waals surface area contributed by atoms with E-state index in [1.165, 1.54) is 11.8 Å². The Kier molecular flexibility index (Phi) is 12.8. The van der Waals surface area contributed by atoms with Crippen LogP contribution in [0.2, 0.25) is 0 Å². The second kappa shape index (κ2) is 18.0. The van der Waals surface area contributed by atoms with Gasteiger partial charge in [-0.15, -0.1) is 11.8 Å². The third-order valence-electron chi connectivity index (χ3n) is 7.41. The number of anilines is 2. The molecule has 0 fully saturated rings. The van der Waals surface area contributed by atoms with Crippen molar-refractivity contribution < 1.29 is 28.7 Å². The van der Waals surface area contributed by atoms with Crippen LogP contribution in [0.15, 0.2) is 144 Å². The molecule has 0 bridgehead atoms. The minimum atomic E-state index is -0.525. The molecule has 3 N–H and O–H groups in total. The molecule has 5 aromatic carbocycles. The van der Waals surface area contributed by atoms with E-state index in [1.807, 2.05) is 42.5 Å². The summed E-state index contributed by atoms with van der Waals surface area (Å²) in [6.45, 7) is 4.21. The Morgan fingerprint density at radius 2 is 1.41 bits per heavy atom. The van der Waals surface area contributed by atoms with E-state index in [0.717, 1.165) is 10.5 Å². The van der Waals surface area contributed by atoms with Gasteiger partial charge in [-0.25, -0.2) is 4.79 Å². The number of hydrogen-bond donors (Lipinski definition) is 3. The maximum atomic E-state index is 13.6. The average molecular weight is 700 g/mol.